The Hall–Kier alpha value is -2.03. The van der Waals surface area contributed by atoms with E-state index in [0.717, 1.165) is 30.7 Å². The van der Waals surface area contributed by atoms with Crippen molar-refractivity contribution in [2.75, 3.05) is 13.7 Å². The summed E-state index contributed by atoms with van der Waals surface area (Å²) in [7, 11) is 1.68. The zero-order valence-corrected chi connectivity index (χ0v) is 12.4. The molecule has 1 atom stereocenters. The van der Waals surface area contributed by atoms with E-state index in [-0.39, 0.29) is 0 Å². The lowest BCUT2D eigenvalue weighted by Gasteiger charge is -2.12. The maximum atomic E-state index is 10.6. The second kappa shape index (κ2) is 8.97. The van der Waals surface area contributed by atoms with E-state index in [2.05, 4.69) is 29.6 Å². The van der Waals surface area contributed by atoms with Crippen LogP contribution in [0.2, 0.25) is 0 Å². The van der Waals surface area contributed by atoms with Crippen molar-refractivity contribution in [3.63, 3.8) is 0 Å². The summed E-state index contributed by atoms with van der Waals surface area (Å²) in [6.07, 6.45) is 16.1. The number of rotatable bonds is 7. The Morgan fingerprint density at radius 2 is 2.35 bits per heavy atom. The molecule has 0 heterocycles. The van der Waals surface area contributed by atoms with E-state index in [1.165, 1.54) is 0 Å². The Morgan fingerprint density at radius 3 is 3.00 bits per heavy atom. The Bertz CT molecular complexity index is 467. The number of carbonyl (C=O) groups excluding carboxylic acids is 1. The summed E-state index contributed by atoms with van der Waals surface area (Å²) < 4.78 is 5.21. The van der Waals surface area contributed by atoms with E-state index in [4.69, 9.17) is 4.74 Å². The lowest BCUT2D eigenvalue weighted by atomic mass is 9.99. The first-order chi connectivity index (χ1) is 9.69. The molecule has 1 unspecified atom stereocenters. The predicted molar refractivity (Wildman–Crippen MR) is 83.1 cm³/mol. The van der Waals surface area contributed by atoms with E-state index >= 15 is 0 Å². The van der Waals surface area contributed by atoms with Crippen LogP contribution in [0.3, 0.4) is 0 Å². The van der Waals surface area contributed by atoms with Crippen molar-refractivity contribution in [3.05, 3.63) is 59.6 Å². The van der Waals surface area contributed by atoms with Gasteiger partial charge in [-0.1, -0.05) is 24.3 Å². The molecule has 0 aliphatic heterocycles. The molecule has 0 fully saturated rings. The van der Waals surface area contributed by atoms with Gasteiger partial charge in [0.2, 0.25) is 0 Å². The summed E-state index contributed by atoms with van der Waals surface area (Å²) >= 11 is 0. The van der Waals surface area contributed by atoms with Crippen molar-refractivity contribution in [1.82, 2.24) is 5.32 Å². The molecule has 0 bridgehead atoms. The van der Waals surface area contributed by atoms with Crippen molar-refractivity contribution < 1.29 is 9.53 Å². The minimum atomic E-state index is 0.387. The minimum Gasteiger partial charge on any atom is -0.497 e. The van der Waals surface area contributed by atoms with Crippen molar-refractivity contribution in [2.45, 2.75) is 20.3 Å². The van der Waals surface area contributed by atoms with E-state index < -0.39 is 0 Å². The average Bonchev–Trinajstić information content (AvgIpc) is 2.50. The molecule has 1 rings (SSSR count). The summed E-state index contributed by atoms with van der Waals surface area (Å²) in [6, 6.07) is 0. The number of hydrogen-bond acceptors (Lipinski definition) is 3. The quantitative estimate of drug-likeness (QED) is 0.335. The topological polar surface area (TPSA) is 38.3 Å². The second-order valence-corrected chi connectivity index (χ2v) is 4.63. The van der Waals surface area contributed by atoms with E-state index in [1.54, 1.807) is 14.0 Å². The second-order valence-electron chi connectivity index (χ2n) is 4.63. The Kier molecular flexibility index (Phi) is 7.18. The van der Waals surface area contributed by atoms with Gasteiger partial charge in [-0.3, -0.25) is 4.79 Å². The third kappa shape index (κ3) is 5.74. The van der Waals surface area contributed by atoms with Crippen LogP contribution in [-0.4, -0.2) is 19.9 Å². The van der Waals surface area contributed by atoms with Crippen LogP contribution in [0.5, 0.6) is 0 Å². The van der Waals surface area contributed by atoms with Crippen molar-refractivity contribution >= 4 is 6.29 Å². The summed E-state index contributed by atoms with van der Waals surface area (Å²) in [5.74, 6) is 1.30. The van der Waals surface area contributed by atoms with Crippen LogP contribution in [-0.2, 0) is 9.53 Å². The lowest BCUT2D eigenvalue weighted by Crippen LogP contribution is -2.12. The zero-order valence-electron chi connectivity index (χ0n) is 12.4. The summed E-state index contributed by atoms with van der Waals surface area (Å²) in [4.78, 5) is 10.6. The summed E-state index contributed by atoms with van der Waals surface area (Å²) in [5.41, 5.74) is 1.66. The van der Waals surface area contributed by atoms with Crippen LogP contribution in [0.1, 0.15) is 20.3 Å². The van der Waals surface area contributed by atoms with Crippen LogP contribution >= 0.6 is 0 Å². The molecule has 0 radical (unpaired) electrons. The monoisotopic (exact) mass is 273 g/mol. The fourth-order valence-corrected chi connectivity index (χ4v) is 1.88. The number of hydrogen-bond donors (Lipinski definition) is 1. The van der Waals surface area contributed by atoms with Gasteiger partial charge >= 0.3 is 0 Å². The molecule has 1 N–H and O–H groups in total. The molecular formula is C17H23NO2. The third-order valence-corrected chi connectivity index (χ3v) is 2.99. The fourth-order valence-electron chi connectivity index (χ4n) is 1.88. The maximum Gasteiger partial charge on any atom is 0.145 e. The molecule has 108 valence electrons. The highest BCUT2D eigenvalue weighted by atomic mass is 16.5. The van der Waals surface area contributed by atoms with Crippen LogP contribution in [0.25, 0.3) is 0 Å². The highest BCUT2D eigenvalue weighted by Gasteiger charge is 2.05. The molecule has 1 aliphatic rings. The predicted octanol–water partition coefficient (Wildman–Crippen LogP) is 3.29. The molecule has 3 heteroatoms. The smallest absolute Gasteiger partial charge is 0.145 e. The molecule has 0 aromatic rings. The van der Waals surface area contributed by atoms with Gasteiger partial charge in [-0.2, -0.15) is 0 Å². The van der Waals surface area contributed by atoms with Gasteiger partial charge in [-0.25, -0.2) is 0 Å². The van der Waals surface area contributed by atoms with Crippen molar-refractivity contribution in [3.8, 4) is 0 Å². The molecule has 3 nitrogen and oxygen atoms in total. The van der Waals surface area contributed by atoms with Gasteiger partial charge in [0.15, 0.2) is 0 Å². The van der Waals surface area contributed by atoms with E-state index in [0.29, 0.717) is 11.5 Å². The van der Waals surface area contributed by atoms with E-state index in [1.807, 2.05) is 25.2 Å². The van der Waals surface area contributed by atoms with Crippen LogP contribution in [0.15, 0.2) is 59.6 Å². The van der Waals surface area contributed by atoms with Gasteiger partial charge in [-0.05, 0) is 44.1 Å². The van der Waals surface area contributed by atoms with Gasteiger partial charge in [0, 0.05) is 18.2 Å². The standard InChI is InChI=1S/C17H23NO2/c1-4-16(11-14(2)13-19)18-10-6-8-15-7-5-9-17(12-15)20-3/h4-6,8-9,11-13,15,18H,7,10H2,1-3H3/b8-6+,14-11+,16-4+. The van der Waals surface area contributed by atoms with Crippen LogP contribution in [0.4, 0.5) is 0 Å². The lowest BCUT2D eigenvalue weighted by molar-refractivity contribution is -0.104. The molecular weight excluding hydrogens is 250 g/mol. The number of allylic oxidation sites excluding steroid dienone is 7. The van der Waals surface area contributed by atoms with E-state index in [9.17, 15) is 4.79 Å². The first kappa shape index (κ1) is 16.0. The number of nitrogens with one attached hydrogen (secondary N) is 1. The minimum absolute atomic E-state index is 0.387. The largest absolute Gasteiger partial charge is 0.497 e. The molecule has 0 spiro atoms. The molecule has 0 saturated carbocycles. The molecule has 0 aromatic heterocycles. The molecule has 0 aromatic carbocycles. The van der Waals surface area contributed by atoms with Gasteiger partial charge in [0.25, 0.3) is 0 Å². The van der Waals surface area contributed by atoms with Gasteiger partial charge < -0.3 is 10.1 Å². The number of aldehydes is 1. The van der Waals surface area contributed by atoms with Crippen LogP contribution in [0, 0.1) is 5.92 Å². The summed E-state index contributed by atoms with van der Waals surface area (Å²) in [5, 5.41) is 3.27. The maximum absolute atomic E-state index is 10.6. The average molecular weight is 273 g/mol. The van der Waals surface area contributed by atoms with Crippen molar-refractivity contribution in [2.24, 2.45) is 5.92 Å². The number of ether oxygens (including phenoxy) is 1. The molecule has 0 amide bonds. The first-order valence-electron chi connectivity index (χ1n) is 6.82. The molecule has 0 saturated heterocycles. The molecule has 20 heavy (non-hydrogen) atoms. The van der Waals surface area contributed by atoms with Gasteiger partial charge in [0.1, 0.15) is 12.0 Å². The third-order valence-electron chi connectivity index (χ3n) is 2.99. The Labute approximate surface area is 121 Å². The highest BCUT2D eigenvalue weighted by Crippen LogP contribution is 2.17. The Morgan fingerprint density at radius 1 is 1.55 bits per heavy atom. The normalized spacial score (nSPS) is 19.9. The fraction of sp³-hybridized carbons (Fsp3) is 0.353. The molecule has 1 aliphatic carbocycles. The Balaban J connectivity index is 2.44. The van der Waals surface area contributed by atoms with Crippen molar-refractivity contribution in [1.29, 1.82) is 0 Å². The SMILES string of the molecule is C/C=C(\C=C(/C)C=O)NC/C=C/C1C=C(OC)C=CC1. The number of carbonyl (C=O) groups is 1. The summed E-state index contributed by atoms with van der Waals surface area (Å²) in [6.45, 7) is 4.47. The first-order valence-corrected chi connectivity index (χ1v) is 6.82. The zero-order chi connectivity index (χ0) is 14.8. The van der Waals surface area contributed by atoms with Gasteiger partial charge in [0.05, 0.1) is 7.11 Å². The highest BCUT2D eigenvalue weighted by molar-refractivity contribution is 5.73. The van der Waals surface area contributed by atoms with Gasteiger partial charge in [-0.15, -0.1) is 0 Å². The number of methoxy groups -OCH3 is 1. The van der Waals surface area contributed by atoms with Crippen LogP contribution < -0.4 is 5.32 Å².